The smallest absolute Gasteiger partial charge is 0.262 e. The molecule has 0 bridgehead atoms. The summed E-state index contributed by atoms with van der Waals surface area (Å²) in [4.78, 5) is 68.1. The van der Waals surface area contributed by atoms with Gasteiger partial charge < -0.3 is 29.7 Å². The molecule has 3 saturated heterocycles. The van der Waals surface area contributed by atoms with Gasteiger partial charge >= 0.3 is 0 Å². The summed E-state index contributed by atoms with van der Waals surface area (Å²) in [5.74, 6) is -1.63. The normalized spacial score (nSPS) is 18.6. The Hall–Kier alpha value is -6.17. The molecule has 2 aromatic heterocycles. The number of benzene rings is 3. The summed E-state index contributed by atoms with van der Waals surface area (Å²) in [6, 6.07) is 9.51. The van der Waals surface area contributed by atoms with Gasteiger partial charge in [-0.25, -0.2) is 9.37 Å². The molecule has 4 aliphatic heterocycles. The third kappa shape index (κ3) is 9.67. The van der Waals surface area contributed by atoms with Crippen LogP contribution in [-0.2, 0) is 21.2 Å². The number of anilines is 6. The first-order chi connectivity index (χ1) is 33.3. The highest BCUT2D eigenvalue weighted by molar-refractivity contribution is 9.10. The number of carbonyl (C=O) groups is 4. The number of piperazine rings is 1. The molecule has 70 heavy (non-hydrogen) atoms. The van der Waals surface area contributed by atoms with Gasteiger partial charge in [0.1, 0.15) is 30.6 Å². The molecule has 0 radical (unpaired) electrons. The number of hydrogen-bond donors (Lipinski definition) is 3. The number of ether oxygens (including phenoxy) is 1. The van der Waals surface area contributed by atoms with Crippen LogP contribution in [0.4, 0.5) is 38.9 Å². The minimum atomic E-state index is -2.64. The minimum absolute atomic E-state index is 0.0116. The van der Waals surface area contributed by atoms with Gasteiger partial charge in [-0.3, -0.25) is 39.0 Å². The number of halogens is 2. The lowest BCUT2D eigenvalue weighted by molar-refractivity contribution is -0.136. The molecule has 0 saturated carbocycles. The third-order valence-corrected chi connectivity index (χ3v) is 16.6. The lowest BCUT2D eigenvalue weighted by Gasteiger charge is -2.43. The van der Waals surface area contributed by atoms with Gasteiger partial charge in [-0.15, -0.1) is 0 Å². The van der Waals surface area contributed by atoms with Crippen molar-refractivity contribution in [3.05, 3.63) is 87.5 Å². The summed E-state index contributed by atoms with van der Waals surface area (Å²) < 4.78 is 37.6. The number of amides is 4. The number of aryl methyl sites for hydroxylation is 2. The van der Waals surface area contributed by atoms with E-state index >= 15 is 4.39 Å². The van der Waals surface area contributed by atoms with Gasteiger partial charge in [-0.1, -0.05) is 13.0 Å². The number of hydrogen-bond acceptors (Lipinski definition) is 14. The molecule has 6 heterocycles. The number of nitrogens with one attached hydrogen (secondary N) is 3. The molecule has 9 rings (SSSR count). The monoisotopic (exact) mass is 1040 g/mol. The van der Waals surface area contributed by atoms with Crippen LogP contribution >= 0.6 is 23.1 Å². The van der Waals surface area contributed by atoms with Gasteiger partial charge in [0.05, 0.1) is 46.0 Å². The van der Waals surface area contributed by atoms with Gasteiger partial charge in [0, 0.05) is 93.3 Å². The molecule has 20 heteroatoms. The Morgan fingerprint density at radius 2 is 1.60 bits per heavy atom. The molecule has 368 valence electrons. The van der Waals surface area contributed by atoms with Gasteiger partial charge in [0.15, 0.2) is 0 Å². The molecule has 4 amide bonds. The second-order valence-electron chi connectivity index (χ2n) is 19.5. The molecule has 1 unspecified atom stereocenters. The molecule has 3 aromatic carbocycles. The van der Waals surface area contributed by atoms with E-state index in [0.29, 0.717) is 40.8 Å². The lowest BCUT2D eigenvalue weighted by Crippen LogP contribution is -2.54. The second kappa shape index (κ2) is 19.2. The topological polar surface area (TPSA) is 187 Å². The van der Waals surface area contributed by atoms with Gasteiger partial charge in [0.25, 0.3) is 11.8 Å². The molecule has 4 aliphatic rings. The summed E-state index contributed by atoms with van der Waals surface area (Å²) in [6.07, 6.45) is 8.19. The number of rotatable bonds is 13. The van der Waals surface area contributed by atoms with Crippen molar-refractivity contribution < 1.29 is 32.9 Å². The summed E-state index contributed by atoms with van der Waals surface area (Å²) in [7, 11) is 0.896. The highest BCUT2D eigenvalue weighted by Gasteiger charge is 2.45. The quantitative estimate of drug-likeness (QED) is 0.0784. The van der Waals surface area contributed by atoms with Crippen LogP contribution in [0, 0.1) is 25.1 Å². The average molecular weight is 1040 g/mol. The van der Waals surface area contributed by atoms with Crippen LogP contribution < -0.4 is 35.8 Å². The maximum absolute atomic E-state index is 15.7. The van der Waals surface area contributed by atoms with Gasteiger partial charge in [-0.2, -0.15) is 10.1 Å². The highest BCUT2D eigenvalue weighted by Crippen LogP contribution is 2.44. The third-order valence-electron chi connectivity index (χ3n) is 14.4. The summed E-state index contributed by atoms with van der Waals surface area (Å²) >= 11 is 3.61. The average Bonchev–Trinajstić information content (AvgIpc) is 3.86. The van der Waals surface area contributed by atoms with E-state index < -0.39 is 42.6 Å². The second-order valence-corrected chi connectivity index (χ2v) is 23.5. The largest absolute Gasteiger partial charge is 0.494 e. The zero-order valence-electron chi connectivity index (χ0n) is 40.5. The van der Waals surface area contributed by atoms with E-state index in [1.807, 2.05) is 50.3 Å². The van der Waals surface area contributed by atoms with Crippen molar-refractivity contribution in [3.63, 3.8) is 0 Å². The molecule has 3 N–H and O–H groups in total. The molecule has 1 atom stereocenters. The van der Waals surface area contributed by atoms with E-state index in [-0.39, 0.29) is 35.1 Å². The van der Waals surface area contributed by atoms with E-state index in [2.05, 4.69) is 70.8 Å². The van der Waals surface area contributed by atoms with Crippen LogP contribution in [0.5, 0.6) is 5.75 Å². The van der Waals surface area contributed by atoms with Crippen molar-refractivity contribution in [1.82, 2.24) is 34.9 Å². The van der Waals surface area contributed by atoms with Crippen molar-refractivity contribution in [2.75, 3.05) is 86.7 Å². The molecular formula is C50H58BrFN11O6P. The Labute approximate surface area is 415 Å². The van der Waals surface area contributed by atoms with Crippen LogP contribution in [0.3, 0.4) is 0 Å². The van der Waals surface area contributed by atoms with E-state index in [4.69, 9.17) is 9.72 Å². The Morgan fingerprint density at radius 3 is 2.26 bits per heavy atom. The van der Waals surface area contributed by atoms with Gasteiger partial charge in [0.2, 0.25) is 17.8 Å². The van der Waals surface area contributed by atoms with Crippen LogP contribution in [-0.4, -0.2) is 125 Å². The molecule has 0 spiro atoms. The van der Waals surface area contributed by atoms with Crippen molar-refractivity contribution in [1.29, 1.82) is 0 Å². The van der Waals surface area contributed by atoms with Crippen molar-refractivity contribution in [2.24, 2.45) is 12.5 Å². The first-order valence-electron chi connectivity index (χ1n) is 23.5. The van der Waals surface area contributed by atoms with Gasteiger partial charge in [-0.05, 0) is 116 Å². The molecule has 17 nitrogen and oxygen atoms in total. The number of carbonyl (C=O) groups excluding carboxylic acids is 4. The van der Waals surface area contributed by atoms with E-state index in [0.717, 1.165) is 102 Å². The molecule has 3 fully saturated rings. The Bertz CT molecular complexity index is 2980. The maximum atomic E-state index is 15.7. The predicted molar refractivity (Wildman–Crippen MR) is 272 cm³/mol. The Kier molecular flexibility index (Phi) is 13.4. The molecule has 5 aromatic rings. The molecular weight excluding hydrogens is 980 g/mol. The highest BCUT2D eigenvalue weighted by atomic mass is 79.9. The number of fused-ring (bicyclic) bond motifs is 1. The number of imide groups is 2. The van der Waals surface area contributed by atoms with E-state index in [1.165, 1.54) is 6.07 Å². The van der Waals surface area contributed by atoms with E-state index in [1.54, 1.807) is 31.3 Å². The standard InChI is InChI=1S/C50H58BrFN11O6P/c1-29-8-9-37(44(30(29)2)70(6,7)68)55-45-35(51)27-53-49(58-45)56-38-23-32(31-26-54-59(4)28-31)40(25-42(38)69-5)62-20-18-60(19-21-62)15-12-50(3)13-16-61(17-14-50)41-24-34-33(22-36(41)52)47(66)63(48(34)67)39-10-11-43(64)57-46(39)65/h8-9,22-28,39H,10-21H2,1-7H3,(H,57,64,65)(H2,53,55,56,58). The first-order valence-corrected chi connectivity index (χ1v) is 26.9. The fraction of sp³-hybridized carbons (Fsp3) is 0.420. The number of aromatic nitrogens is 4. The Morgan fingerprint density at radius 1 is 0.900 bits per heavy atom. The zero-order chi connectivity index (χ0) is 49.8. The minimum Gasteiger partial charge on any atom is -0.494 e. The van der Waals surface area contributed by atoms with Crippen molar-refractivity contribution in [2.45, 2.75) is 58.9 Å². The van der Waals surface area contributed by atoms with Crippen LogP contribution in [0.25, 0.3) is 11.1 Å². The zero-order valence-corrected chi connectivity index (χ0v) is 43.0. The number of nitrogens with zero attached hydrogens (tertiary/aromatic N) is 8. The number of methoxy groups -OCH3 is 1. The van der Waals surface area contributed by atoms with Crippen LogP contribution in [0.15, 0.2) is 59.5 Å². The van der Waals surface area contributed by atoms with Crippen molar-refractivity contribution in [3.8, 4) is 16.9 Å². The van der Waals surface area contributed by atoms with E-state index in [9.17, 15) is 23.7 Å². The summed E-state index contributed by atoms with van der Waals surface area (Å²) in [5.41, 5.74) is 6.70. The fourth-order valence-electron chi connectivity index (χ4n) is 10.1. The predicted octanol–water partition coefficient (Wildman–Crippen LogP) is 7.36. The van der Waals surface area contributed by atoms with Crippen molar-refractivity contribution >= 4 is 86.5 Å². The fourth-order valence-corrected chi connectivity index (χ4v) is 12.1. The maximum Gasteiger partial charge on any atom is 0.262 e. The summed E-state index contributed by atoms with van der Waals surface area (Å²) in [5, 5.41) is 14.3. The first kappa shape index (κ1) is 48.8. The lowest BCUT2D eigenvalue weighted by atomic mass is 9.77. The van der Waals surface area contributed by atoms with Crippen LogP contribution in [0.2, 0.25) is 0 Å². The Balaban J connectivity index is 0.846. The van der Waals surface area contributed by atoms with Crippen LogP contribution in [0.1, 0.15) is 70.9 Å². The molecule has 0 aliphatic carbocycles. The SMILES string of the molecule is COc1cc(N2CCN(CCC3(C)CCN(c4cc5c(cc4F)C(=O)N(C4CCC(=O)NC4=O)C5=O)CC3)CC2)c(-c2cnn(C)c2)cc1Nc1ncc(Br)c(Nc2ccc(C)c(C)c2P(C)(C)=O)n1. The summed E-state index contributed by atoms with van der Waals surface area (Å²) in [6.45, 7) is 15.2. The number of piperidine rings is 2.